The van der Waals surface area contributed by atoms with Crippen LogP contribution in [0.3, 0.4) is 0 Å². The van der Waals surface area contributed by atoms with E-state index in [1.54, 1.807) is 25.1 Å². The summed E-state index contributed by atoms with van der Waals surface area (Å²) in [7, 11) is 1.33. The summed E-state index contributed by atoms with van der Waals surface area (Å²) in [5.41, 5.74) is 0.770. The molecule has 0 spiro atoms. The summed E-state index contributed by atoms with van der Waals surface area (Å²) in [5.74, 6) is -0.0553. The summed E-state index contributed by atoms with van der Waals surface area (Å²) in [6.45, 7) is 1.70. The van der Waals surface area contributed by atoms with Crippen molar-refractivity contribution < 1.29 is 19.1 Å². The maximum Gasteiger partial charge on any atom is 0.348 e. The van der Waals surface area contributed by atoms with Crippen LogP contribution in [0.2, 0.25) is 0 Å². The zero-order chi connectivity index (χ0) is 15.2. The van der Waals surface area contributed by atoms with E-state index >= 15 is 0 Å². The first-order chi connectivity index (χ1) is 10.1. The Balaban J connectivity index is 1.92. The molecule has 2 rings (SSSR count). The largest absolute Gasteiger partial charge is 0.484 e. The van der Waals surface area contributed by atoms with Gasteiger partial charge in [0.1, 0.15) is 10.6 Å². The lowest BCUT2D eigenvalue weighted by molar-refractivity contribution is -0.118. The number of hydrogen-bond acceptors (Lipinski definition) is 5. The molecule has 0 saturated carbocycles. The predicted molar refractivity (Wildman–Crippen MR) is 81.0 cm³/mol. The fraction of sp³-hybridized carbons (Fsp3) is 0.200. The van der Waals surface area contributed by atoms with E-state index in [2.05, 4.69) is 10.1 Å². The molecule has 0 aliphatic rings. The molecule has 1 N–H and O–H groups in total. The zero-order valence-corrected chi connectivity index (χ0v) is 12.5. The Hall–Kier alpha value is -2.34. The average Bonchev–Trinajstić information content (AvgIpc) is 2.86. The minimum Gasteiger partial charge on any atom is -0.484 e. The van der Waals surface area contributed by atoms with Crippen LogP contribution in [0.25, 0.3) is 0 Å². The van der Waals surface area contributed by atoms with Crippen LogP contribution in [-0.2, 0) is 9.53 Å². The van der Waals surface area contributed by atoms with Gasteiger partial charge in [-0.05, 0) is 30.7 Å². The van der Waals surface area contributed by atoms with Gasteiger partial charge in [-0.25, -0.2) is 4.79 Å². The van der Waals surface area contributed by atoms with Gasteiger partial charge in [0.2, 0.25) is 0 Å². The van der Waals surface area contributed by atoms with Crippen LogP contribution in [0.15, 0.2) is 36.4 Å². The molecule has 1 heterocycles. The molecule has 1 amide bonds. The van der Waals surface area contributed by atoms with Crippen molar-refractivity contribution in [2.24, 2.45) is 0 Å². The lowest BCUT2D eigenvalue weighted by atomic mass is 10.3. The van der Waals surface area contributed by atoms with E-state index in [0.29, 0.717) is 15.6 Å². The number of ether oxygens (including phenoxy) is 2. The monoisotopic (exact) mass is 305 g/mol. The Morgan fingerprint density at radius 2 is 1.95 bits per heavy atom. The fourth-order valence-corrected chi connectivity index (χ4v) is 2.69. The second kappa shape index (κ2) is 6.90. The number of nitrogens with one attached hydrogen (secondary N) is 1. The standard InChI is InChI=1S/C15H15NO4S/c1-10-8-13(21-14(10)15(18)19-2)16-12(17)9-20-11-6-4-3-5-7-11/h3-8H,9H2,1-2H3,(H,16,17). The second-order valence-corrected chi connectivity index (χ2v) is 5.32. The zero-order valence-electron chi connectivity index (χ0n) is 11.7. The van der Waals surface area contributed by atoms with Gasteiger partial charge in [-0.2, -0.15) is 0 Å². The Kier molecular flexibility index (Phi) is 4.94. The van der Waals surface area contributed by atoms with Gasteiger partial charge in [0.15, 0.2) is 6.61 Å². The number of thiophene rings is 1. The van der Waals surface area contributed by atoms with Crippen molar-refractivity contribution in [3.8, 4) is 5.75 Å². The van der Waals surface area contributed by atoms with E-state index in [9.17, 15) is 9.59 Å². The number of rotatable bonds is 5. The van der Waals surface area contributed by atoms with Gasteiger partial charge in [0.05, 0.1) is 12.1 Å². The highest BCUT2D eigenvalue weighted by molar-refractivity contribution is 7.18. The summed E-state index contributed by atoms with van der Waals surface area (Å²) in [4.78, 5) is 23.8. The van der Waals surface area contributed by atoms with E-state index in [4.69, 9.17) is 4.74 Å². The molecular weight excluding hydrogens is 290 g/mol. The van der Waals surface area contributed by atoms with Crippen LogP contribution in [0.4, 0.5) is 5.00 Å². The Morgan fingerprint density at radius 3 is 2.62 bits per heavy atom. The van der Waals surface area contributed by atoms with Crippen LogP contribution in [-0.4, -0.2) is 25.6 Å². The van der Waals surface area contributed by atoms with Gasteiger partial charge in [-0.1, -0.05) is 18.2 Å². The molecule has 0 radical (unpaired) electrons. The van der Waals surface area contributed by atoms with Crippen molar-refractivity contribution in [1.82, 2.24) is 0 Å². The number of hydrogen-bond donors (Lipinski definition) is 1. The average molecular weight is 305 g/mol. The second-order valence-electron chi connectivity index (χ2n) is 4.26. The summed E-state index contributed by atoms with van der Waals surface area (Å²) >= 11 is 1.18. The van der Waals surface area contributed by atoms with Crippen LogP contribution in [0.1, 0.15) is 15.2 Å². The summed E-state index contributed by atoms with van der Waals surface area (Å²) < 4.78 is 10.0. The third kappa shape index (κ3) is 4.06. The van der Waals surface area contributed by atoms with Crippen LogP contribution in [0.5, 0.6) is 5.75 Å². The third-order valence-electron chi connectivity index (χ3n) is 2.66. The molecule has 1 aromatic heterocycles. The topological polar surface area (TPSA) is 64.6 Å². The lowest BCUT2D eigenvalue weighted by Gasteiger charge is -2.05. The number of methoxy groups -OCH3 is 1. The minimum atomic E-state index is -0.404. The van der Waals surface area contributed by atoms with Crippen molar-refractivity contribution in [1.29, 1.82) is 0 Å². The van der Waals surface area contributed by atoms with Gasteiger partial charge < -0.3 is 14.8 Å². The fourth-order valence-electron chi connectivity index (χ4n) is 1.68. The van der Waals surface area contributed by atoms with Gasteiger partial charge in [0, 0.05) is 0 Å². The number of benzene rings is 1. The highest BCUT2D eigenvalue weighted by Gasteiger charge is 2.15. The number of carbonyl (C=O) groups is 2. The number of carbonyl (C=O) groups excluding carboxylic acids is 2. The molecule has 21 heavy (non-hydrogen) atoms. The van der Waals surface area contributed by atoms with E-state index in [-0.39, 0.29) is 12.5 Å². The molecule has 0 fully saturated rings. The van der Waals surface area contributed by atoms with Gasteiger partial charge in [0.25, 0.3) is 5.91 Å². The van der Waals surface area contributed by atoms with Crippen LogP contribution >= 0.6 is 11.3 Å². The maximum atomic E-state index is 11.8. The molecule has 6 heteroatoms. The quantitative estimate of drug-likeness (QED) is 0.863. The molecule has 1 aromatic carbocycles. The van der Waals surface area contributed by atoms with Crippen molar-refractivity contribution in [2.45, 2.75) is 6.92 Å². The SMILES string of the molecule is COC(=O)c1sc(NC(=O)COc2ccccc2)cc1C. The number of para-hydroxylation sites is 1. The maximum absolute atomic E-state index is 11.8. The Morgan fingerprint density at radius 1 is 1.24 bits per heavy atom. The van der Waals surface area contributed by atoms with E-state index in [0.717, 1.165) is 5.56 Å². The highest BCUT2D eigenvalue weighted by Crippen LogP contribution is 2.27. The molecule has 0 saturated heterocycles. The molecule has 0 aliphatic heterocycles. The normalized spacial score (nSPS) is 10.0. The first kappa shape index (κ1) is 15.1. The molecular formula is C15H15NO4S. The number of esters is 1. The molecule has 0 bridgehead atoms. The molecule has 0 atom stereocenters. The lowest BCUT2D eigenvalue weighted by Crippen LogP contribution is -2.19. The van der Waals surface area contributed by atoms with Crippen LogP contribution < -0.4 is 10.1 Å². The van der Waals surface area contributed by atoms with Gasteiger partial charge in [-0.15, -0.1) is 11.3 Å². The summed E-state index contributed by atoms with van der Waals surface area (Å²) in [6, 6.07) is 10.8. The van der Waals surface area contributed by atoms with E-state index in [1.807, 2.05) is 18.2 Å². The van der Waals surface area contributed by atoms with Crippen LogP contribution in [0, 0.1) is 6.92 Å². The molecule has 5 nitrogen and oxygen atoms in total. The van der Waals surface area contributed by atoms with Gasteiger partial charge >= 0.3 is 5.97 Å². The van der Waals surface area contributed by atoms with E-state index < -0.39 is 5.97 Å². The van der Waals surface area contributed by atoms with Gasteiger partial charge in [-0.3, -0.25) is 4.79 Å². The summed E-state index contributed by atoms with van der Waals surface area (Å²) in [5, 5.41) is 3.29. The van der Waals surface area contributed by atoms with Crippen molar-refractivity contribution in [3.05, 3.63) is 46.8 Å². The Labute approximate surface area is 126 Å². The first-order valence-electron chi connectivity index (χ1n) is 6.26. The van der Waals surface area contributed by atoms with Crippen molar-refractivity contribution in [2.75, 3.05) is 19.0 Å². The number of amides is 1. The van der Waals surface area contributed by atoms with Crippen molar-refractivity contribution >= 4 is 28.2 Å². The highest BCUT2D eigenvalue weighted by atomic mass is 32.1. The molecule has 0 aliphatic carbocycles. The van der Waals surface area contributed by atoms with Crippen molar-refractivity contribution in [3.63, 3.8) is 0 Å². The van der Waals surface area contributed by atoms with E-state index in [1.165, 1.54) is 18.4 Å². The smallest absolute Gasteiger partial charge is 0.348 e. The predicted octanol–water partition coefficient (Wildman–Crippen LogP) is 2.86. The Bertz CT molecular complexity index is 636. The first-order valence-corrected chi connectivity index (χ1v) is 7.08. The number of aryl methyl sites for hydroxylation is 1. The number of anilines is 1. The minimum absolute atomic E-state index is 0.0888. The summed E-state index contributed by atoms with van der Waals surface area (Å²) in [6.07, 6.45) is 0. The molecule has 0 unspecified atom stereocenters. The molecule has 2 aromatic rings. The third-order valence-corrected chi connectivity index (χ3v) is 3.80. The molecule has 110 valence electrons.